The van der Waals surface area contributed by atoms with Crippen molar-refractivity contribution in [3.05, 3.63) is 199 Å². The molecule has 0 aliphatic carbocycles. The standard InChI is InChI=1S/C51H36N4O2/c1-3-12-31(13-4-1)49-52-50(32-14-5-2-6-15-32)54-51(53-49)34-23-27-45-41(29-34)40-28-33(22-26-44(40)56-45)36-18-11-21-46-48(36)39-25-24-35(30-47(39)57-46)55-42-19-9-7-16-37(42)38-17-8-10-20-43(38)55/h1-30,49-54H. The van der Waals surface area contributed by atoms with Crippen LogP contribution >= 0.6 is 0 Å². The molecule has 1 aliphatic heterocycles. The first-order chi connectivity index (χ1) is 28.2. The molecule has 3 N–H and O–H groups in total. The summed E-state index contributed by atoms with van der Waals surface area (Å²) in [5, 5.41) is 18.3. The van der Waals surface area contributed by atoms with Crippen molar-refractivity contribution in [1.82, 2.24) is 20.5 Å². The Bertz CT molecular complexity index is 3210. The largest absolute Gasteiger partial charge is 0.456 e. The molecule has 1 fully saturated rings. The third-order valence-electron chi connectivity index (χ3n) is 11.7. The van der Waals surface area contributed by atoms with Gasteiger partial charge in [-0.15, -0.1) is 0 Å². The van der Waals surface area contributed by atoms with E-state index in [0.29, 0.717) is 0 Å². The maximum atomic E-state index is 6.63. The Morgan fingerprint density at radius 2 is 0.947 bits per heavy atom. The quantitative estimate of drug-likeness (QED) is 0.164. The zero-order valence-electron chi connectivity index (χ0n) is 30.8. The van der Waals surface area contributed by atoms with Crippen LogP contribution in [0.25, 0.3) is 82.5 Å². The molecule has 272 valence electrons. The topological polar surface area (TPSA) is 67.3 Å². The molecule has 8 aromatic carbocycles. The minimum absolute atomic E-state index is 0.0469. The molecule has 1 saturated heterocycles. The molecule has 1 aliphatic rings. The predicted molar refractivity (Wildman–Crippen MR) is 231 cm³/mol. The second-order valence-electron chi connectivity index (χ2n) is 15.0. The zero-order chi connectivity index (χ0) is 37.5. The number of nitrogens with one attached hydrogen (secondary N) is 3. The predicted octanol–water partition coefficient (Wildman–Crippen LogP) is 12.4. The highest BCUT2D eigenvalue weighted by Gasteiger charge is 2.30. The first-order valence-corrected chi connectivity index (χ1v) is 19.5. The Morgan fingerprint density at radius 1 is 0.368 bits per heavy atom. The lowest BCUT2D eigenvalue weighted by Crippen LogP contribution is -2.54. The molecule has 57 heavy (non-hydrogen) atoms. The Morgan fingerprint density at radius 3 is 1.63 bits per heavy atom. The van der Waals surface area contributed by atoms with E-state index in [-0.39, 0.29) is 18.5 Å². The summed E-state index contributed by atoms with van der Waals surface area (Å²) >= 11 is 0. The summed E-state index contributed by atoms with van der Waals surface area (Å²) in [4.78, 5) is 0. The fraction of sp³-hybridized carbons (Fsp3) is 0.0588. The van der Waals surface area contributed by atoms with E-state index in [1.165, 1.54) is 32.9 Å². The lowest BCUT2D eigenvalue weighted by molar-refractivity contribution is 0.203. The van der Waals surface area contributed by atoms with Crippen LogP contribution in [0.1, 0.15) is 35.2 Å². The normalized spacial score (nSPS) is 17.4. The van der Waals surface area contributed by atoms with Gasteiger partial charge in [-0.05, 0) is 82.4 Å². The summed E-state index contributed by atoms with van der Waals surface area (Å²) in [5.74, 6) is 0. The van der Waals surface area contributed by atoms with Crippen molar-refractivity contribution in [2.24, 2.45) is 0 Å². The minimum atomic E-state index is -0.113. The van der Waals surface area contributed by atoms with Crippen molar-refractivity contribution in [2.75, 3.05) is 0 Å². The molecule has 0 bridgehead atoms. The van der Waals surface area contributed by atoms with Gasteiger partial charge in [0.25, 0.3) is 0 Å². The molecule has 0 saturated carbocycles. The number of rotatable bonds is 5. The number of fused-ring (bicyclic) bond motifs is 9. The third kappa shape index (κ3) is 5.23. The maximum absolute atomic E-state index is 6.63. The van der Waals surface area contributed by atoms with Gasteiger partial charge in [0.2, 0.25) is 0 Å². The van der Waals surface area contributed by atoms with E-state index >= 15 is 0 Å². The van der Waals surface area contributed by atoms with Crippen LogP contribution in [0, 0.1) is 0 Å². The number of aromatic nitrogens is 1. The van der Waals surface area contributed by atoms with E-state index in [4.69, 9.17) is 8.83 Å². The van der Waals surface area contributed by atoms with Crippen LogP contribution in [0.3, 0.4) is 0 Å². The third-order valence-corrected chi connectivity index (χ3v) is 11.7. The zero-order valence-corrected chi connectivity index (χ0v) is 30.8. The summed E-state index contributed by atoms with van der Waals surface area (Å²) in [6.07, 6.45) is -0.207. The van der Waals surface area contributed by atoms with Crippen molar-refractivity contribution >= 4 is 65.7 Å². The molecular formula is C51H36N4O2. The molecule has 2 atom stereocenters. The van der Waals surface area contributed by atoms with Crippen LogP contribution in [-0.2, 0) is 0 Å². The Labute approximate surface area is 327 Å². The van der Waals surface area contributed by atoms with Crippen molar-refractivity contribution in [3.8, 4) is 16.8 Å². The highest BCUT2D eigenvalue weighted by atomic mass is 16.3. The number of benzene rings is 8. The van der Waals surface area contributed by atoms with Gasteiger partial charge in [-0.2, -0.15) is 0 Å². The van der Waals surface area contributed by atoms with E-state index in [1.807, 2.05) is 0 Å². The fourth-order valence-electron chi connectivity index (χ4n) is 9.05. The molecule has 4 heterocycles. The summed E-state index contributed by atoms with van der Waals surface area (Å²) < 4.78 is 15.4. The Hall–Kier alpha value is -6.96. The number of furan rings is 2. The number of nitrogens with zero attached hydrogens (tertiary/aromatic N) is 1. The van der Waals surface area contributed by atoms with E-state index in [1.54, 1.807) is 0 Å². The highest BCUT2D eigenvalue weighted by Crippen LogP contribution is 2.41. The van der Waals surface area contributed by atoms with Gasteiger partial charge in [-0.3, -0.25) is 16.0 Å². The van der Waals surface area contributed by atoms with Gasteiger partial charge < -0.3 is 13.4 Å². The Kier molecular flexibility index (Phi) is 7.25. The number of hydrogen-bond donors (Lipinski definition) is 3. The molecule has 6 heteroatoms. The monoisotopic (exact) mass is 736 g/mol. The molecule has 12 rings (SSSR count). The van der Waals surface area contributed by atoms with E-state index in [2.05, 4.69) is 203 Å². The smallest absolute Gasteiger partial charge is 0.137 e. The van der Waals surface area contributed by atoms with Crippen LogP contribution in [0.15, 0.2) is 191 Å². The maximum Gasteiger partial charge on any atom is 0.137 e. The lowest BCUT2D eigenvalue weighted by Gasteiger charge is -2.39. The molecule has 0 amide bonds. The van der Waals surface area contributed by atoms with Gasteiger partial charge in [0.05, 0.1) is 29.5 Å². The summed E-state index contributed by atoms with van der Waals surface area (Å²) in [6, 6.07) is 64.4. The molecular weight excluding hydrogens is 701 g/mol. The fourth-order valence-corrected chi connectivity index (χ4v) is 9.05. The molecule has 11 aromatic rings. The molecule has 2 unspecified atom stereocenters. The van der Waals surface area contributed by atoms with Crippen LogP contribution in [0.2, 0.25) is 0 Å². The number of hydrogen-bond acceptors (Lipinski definition) is 5. The first kappa shape index (κ1) is 32.3. The van der Waals surface area contributed by atoms with Gasteiger partial charge >= 0.3 is 0 Å². The van der Waals surface area contributed by atoms with Crippen molar-refractivity contribution in [2.45, 2.75) is 18.5 Å². The van der Waals surface area contributed by atoms with E-state index in [9.17, 15) is 0 Å². The average Bonchev–Trinajstić information content (AvgIpc) is 3.95. The summed E-state index contributed by atoms with van der Waals surface area (Å²) in [7, 11) is 0. The van der Waals surface area contributed by atoms with Crippen LogP contribution < -0.4 is 16.0 Å². The molecule has 0 radical (unpaired) electrons. The second-order valence-corrected chi connectivity index (χ2v) is 15.0. The van der Waals surface area contributed by atoms with Crippen LogP contribution in [0.4, 0.5) is 0 Å². The van der Waals surface area contributed by atoms with Gasteiger partial charge in [0.15, 0.2) is 0 Å². The van der Waals surface area contributed by atoms with Gasteiger partial charge in [0, 0.05) is 44.1 Å². The van der Waals surface area contributed by atoms with Crippen molar-refractivity contribution in [3.63, 3.8) is 0 Å². The average molecular weight is 737 g/mol. The second kappa shape index (κ2) is 12.8. The van der Waals surface area contributed by atoms with Crippen LogP contribution in [-0.4, -0.2) is 4.57 Å². The molecule has 6 nitrogen and oxygen atoms in total. The summed E-state index contributed by atoms with van der Waals surface area (Å²) in [6.45, 7) is 0. The van der Waals surface area contributed by atoms with Gasteiger partial charge in [-0.25, -0.2) is 0 Å². The lowest BCUT2D eigenvalue weighted by atomic mass is 9.97. The van der Waals surface area contributed by atoms with Crippen LogP contribution in [0.5, 0.6) is 0 Å². The van der Waals surface area contributed by atoms with E-state index in [0.717, 1.165) is 66.3 Å². The summed E-state index contributed by atoms with van der Waals surface area (Å²) in [5.41, 5.74) is 12.6. The van der Waals surface area contributed by atoms with Gasteiger partial charge in [-0.1, -0.05) is 121 Å². The number of para-hydroxylation sites is 2. The minimum Gasteiger partial charge on any atom is -0.456 e. The van der Waals surface area contributed by atoms with Crippen molar-refractivity contribution < 1.29 is 8.83 Å². The Balaban J connectivity index is 0.950. The molecule has 0 spiro atoms. The van der Waals surface area contributed by atoms with Gasteiger partial charge in [0.1, 0.15) is 22.3 Å². The SMILES string of the molecule is c1ccc(C2NC(c3ccccc3)NC(c3ccc4oc5ccc(-c6cccc7oc8cc(-n9c%10ccccc%10c%10ccccc%109)ccc8c67)cc5c4c3)N2)cc1. The molecule has 3 aromatic heterocycles. The van der Waals surface area contributed by atoms with E-state index < -0.39 is 0 Å². The highest BCUT2D eigenvalue weighted by molar-refractivity contribution is 6.15. The first-order valence-electron chi connectivity index (χ1n) is 19.5. The van der Waals surface area contributed by atoms with Crippen molar-refractivity contribution in [1.29, 1.82) is 0 Å².